The van der Waals surface area contributed by atoms with Crippen LogP contribution in [0.4, 0.5) is 5.69 Å². The van der Waals surface area contributed by atoms with Gasteiger partial charge < -0.3 is 5.32 Å². The lowest BCUT2D eigenvalue weighted by Gasteiger charge is -2.04. The van der Waals surface area contributed by atoms with Gasteiger partial charge >= 0.3 is 0 Å². The van der Waals surface area contributed by atoms with E-state index in [1.807, 2.05) is 38.2 Å². The maximum Gasteiger partial charge on any atom is 0.258 e. The zero-order valence-corrected chi connectivity index (χ0v) is 13.1. The molecule has 0 bridgehead atoms. The van der Waals surface area contributed by atoms with Crippen molar-refractivity contribution in [2.75, 3.05) is 5.32 Å². The number of rotatable bonds is 6. The highest BCUT2D eigenvalue weighted by Crippen LogP contribution is 2.11. The molecule has 1 amide bonds. The quantitative estimate of drug-likeness (QED) is 0.656. The molecule has 0 aliphatic heterocycles. The number of benzene rings is 1. The van der Waals surface area contributed by atoms with Crippen molar-refractivity contribution >= 4 is 30.6 Å². The van der Waals surface area contributed by atoms with Gasteiger partial charge in [0.1, 0.15) is 7.85 Å². The van der Waals surface area contributed by atoms with E-state index >= 15 is 0 Å². The molecule has 0 fully saturated rings. The number of aromatic nitrogens is 2. The molecule has 114 valence electrons. The zero-order chi connectivity index (χ0) is 16.7. The maximum atomic E-state index is 12.3. The smallest absolute Gasteiger partial charge is 0.258 e. The van der Waals surface area contributed by atoms with Crippen LogP contribution in [-0.4, -0.2) is 23.5 Å². The summed E-state index contributed by atoms with van der Waals surface area (Å²) in [4.78, 5) is 12.3. The number of allylic oxidation sites excluding steroid dienone is 6. The lowest BCUT2D eigenvalue weighted by molar-refractivity contribution is 0.102. The van der Waals surface area contributed by atoms with Gasteiger partial charge in [-0.3, -0.25) is 4.79 Å². The van der Waals surface area contributed by atoms with Crippen LogP contribution >= 0.6 is 0 Å². The first-order valence-electron chi connectivity index (χ1n) is 7.19. The van der Waals surface area contributed by atoms with Crippen molar-refractivity contribution in [2.24, 2.45) is 0 Å². The summed E-state index contributed by atoms with van der Waals surface area (Å²) in [6.45, 7) is 7.32. The Labute approximate surface area is 136 Å². The molecule has 0 atom stereocenters. The Morgan fingerprint density at radius 1 is 1.30 bits per heavy atom. The molecular weight excluding hydrogens is 285 g/mol. The van der Waals surface area contributed by atoms with Crippen LogP contribution in [0.25, 0.3) is 5.70 Å². The number of amides is 1. The third kappa shape index (κ3) is 4.44. The second kappa shape index (κ2) is 7.80. The normalized spacial score (nSPS) is 11.4. The van der Waals surface area contributed by atoms with Gasteiger partial charge in [-0.15, -0.1) is 0 Å². The molecule has 1 heterocycles. The first-order valence-corrected chi connectivity index (χ1v) is 7.19. The second-order valence-corrected chi connectivity index (χ2v) is 4.92. The van der Waals surface area contributed by atoms with Crippen molar-refractivity contribution in [1.82, 2.24) is 9.78 Å². The summed E-state index contributed by atoms with van der Waals surface area (Å²) in [5, 5.41) is 7.08. The van der Waals surface area contributed by atoms with Gasteiger partial charge in [-0.1, -0.05) is 49.0 Å². The molecule has 0 aliphatic carbocycles. The minimum absolute atomic E-state index is 0.201. The number of nitrogens with zero attached hydrogens (tertiary/aromatic N) is 2. The molecule has 23 heavy (non-hydrogen) atoms. The van der Waals surface area contributed by atoms with E-state index in [0.717, 1.165) is 16.8 Å². The van der Waals surface area contributed by atoms with E-state index in [0.29, 0.717) is 5.56 Å². The highest BCUT2D eigenvalue weighted by atomic mass is 16.1. The molecule has 1 aromatic heterocycles. The first-order chi connectivity index (χ1) is 11.1. The zero-order valence-electron chi connectivity index (χ0n) is 13.1. The van der Waals surface area contributed by atoms with Crippen LogP contribution in [0.2, 0.25) is 0 Å². The van der Waals surface area contributed by atoms with Crippen molar-refractivity contribution in [3.63, 3.8) is 0 Å². The summed E-state index contributed by atoms with van der Waals surface area (Å²) in [5.74, 6) is -0.201. The van der Waals surface area contributed by atoms with Gasteiger partial charge in [0.25, 0.3) is 5.91 Å². The summed E-state index contributed by atoms with van der Waals surface area (Å²) < 4.78 is 1.62. The van der Waals surface area contributed by atoms with Gasteiger partial charge in [-0.2, -0.15) is 5.10 Å². The summed E-state index contributed by atoms with van der Waals surface area (Å²) in [6.07, 6.45) is 12.0. The van der Waals surface area contributed by atoms with Gasteiger partial charge in [0.15, 0.2) is 0 Å². The van der Waals surface area contributed by atoms with Crippen LogP contribution in [0.5, 0.6) is 0 Å². The van der Waals surface area contributed by atoms with Crippen molar-refractivity contribution in [2.45, 2.75) is 0 Å². The predicted molar refractivity (Wildman–Crippen MR) is 98.6 cm³/mol. The van der Waals surface area contributed by atoms with Crippen LogP contribution < -0.4 is 10.8 Å². The molecule has 0 radical (unpaired) electrons. The van der Waals surface area contributed by atoms with Gasteiger partial charge in [-0.25, -0.2) is 4.68 Å². The average molecular weight is 303 g/mol. The molecule has 0 saturated carbocycles. The number of hydrogen-bond acceptors (Lipinski definition) is 2. The molecule has 4 nitrogen and oxygen atoms in total. The van der Waals surface area contributed by atoms with E-state index in [1.54, 1.807) is 35.2 Å². The number of nitrogens with one attached hydrogen (secondary N) is 1. The van der Waals surface area contributed by atoms with E-state index in [-0.39, 0.29) is 5.91 Å². The topological polar surface area (TPSA) is 46.9 Å². The predicted octanol–water partition coefficient (Wildman–Crippen LogP) is 2.16. The molecule has 2 rings (SSSR count). The fraction of sp³-hybridized carbons (Fsp3) is 0. The van der Waals surface area contributed by atoms with Gasteiger partial charge in [0.05, 0.1) is 17.5 Å². The average Bonchev–Trinajstić information content (AvgIpc) is 3.01. The van der Waals surface area contributed by atoms with Crippen LogP contribution in [0, 0.1) is 0 Å². The summed E-state index contributed by atoms with van der Waals surface area (Å²) in [7, 11) is 1.98. The Morgan fingerprint density at radius 2 is 2.13 bits per heavy atom. The molecule has 0 spiro atoms. The van der Waals surface area contributed by atoms with Crippen molar-refractivity contribution in [1.29, 1.82) is 0 Å². The van der Waals surface area contributed by atoms with E-state index in [1.165, 1.54) is 6.20 Å². The van der Waals surface area contributed by atoms with Crippen molar-refractivity contribution in [3.8, 4) is 0 Å². The van der Waals surface area contributed by atoms with Crippen molar-refractivity contribution < 1.29 is 4.79 Å². The molecule has 0 aliphatic rings. The lowest BCUT2D eigenvalue weighted by atomic mass is 9.96. The van der Waals surface area contributed by atoms with E-state index in [2.05, 4.69) is 23.6 Å². The number of anilines is 1. The number of carbonyl (C=O) groups excluding carboxylic acids is 1. The van der Waals surface area contributed by atoms with Gasteiger partial charge in [0, 0.05) is 11.9 Å². The molecule has 2 aromatic rings. The van der Waals surface area contributed by atoms with Crippen LogP contribution in [0.3, 0.4) is 0 Å². The Balaban J connectivity index is 2.19. The molecule has 0 unspecified atom stereocenters. The van der Waals surface area contributed by atoms with E-state index < -0.39 is 0 Å². The van der Waals surface area contributed by atoms with Gasteiger partial charge in [-0.05, 0) is 24.3 Å². The highest BCUT2D eigenvalue weighted by Gasteiger charge is 2.10. The minimum atomic E-state index is -0.201. The maximum absolute atomic E-state index is 12.3. The SMILES string of the molecule is Bc1cccc(NC(=O)c2cnn(C(/C=C\C=C)=C/C=C)c2)c1. The minimum Gasteiger partial charge on any atom is -0.322 e. The standard InChI is InChI=1S/C18H18BN3O/c1-3-5-10-17(7-4-2)22-13-14(12-20-22)18(23)21-16-9-6-8-15(19)11-16/h3-13H,1-2,19H2,(H,21,23)/b10-5-,17-7+. The Morgan fingerprint density at radius 3 is 2.83 bits per heavy atom. The number of carbonyl (C=O) groups is 1. The highest BCUT2D eigenvalue weighted by molar-refractivity contribution is 6.32. The molecule has 1 aromatic carbocycles. The van der Waals surface area contributed by atoms with Crippen LogP contribution in [0.1, 0.15) is 10.4 Å². The van der Waals surface area contributed by atoms with E-state index in [4.69, 9.17) is 0 Å². The summed E-state index contributed by atoms with van der Waals surface area (Å²) in [5.41, 5.74) is 3.11. The fourth-order valence-electron chi connectivity index (χ4n) is 2.00. The molecular formula is C18H18BN3O. The van der Waals surface area contributed by atoms with Crippen LogP contribution in [-0.2, 0) is 0 Å². The summed E-state index contributed by atoms with van der Waals surface area (Å²) >= 11 is 0. The third-order valence-corrected chi connectivity index (χ3v) is 3.08. The molecule has 0 saturated heterocycles. The van der Waals surface area contributed by atoms with E-state index in [9.17, 15) is 4.79 Å². The third-order valence-electron chi connectivity index (χ3n) is 3.08. The lowest BCUT2D eigenvalue weighted by Crippen LogP contribution is -2.13. The largest absolute Gasteiger partial charge is 0.322 e. The number of hydrogen-bond donors (Lipinski definition) is 1. The molecule has 5 heteroatoms. The second-order valence-electron chi connectivity index (χ2n) is 4.92. The first kappa shape index (κ1) is 16.3. The Hall–Kier alpha value is -3.08. The van der Waals surface area contributed by atoms with Crippen molar-refractivity contribution in [3.05, 3.63) is 85.8 Å². The summed E-state index contributed by atoms with van der Waals surface area (Å²) in [6, 6.07) is 7.65. The Kier molecular flexibility index (Phi) is 5.53. The van der Waals surface area contributed by atoms with Crippen LogP contribution in [0.15, 0.2) is 80.2 Å². The molecule has 1 N–H and O–H groups in total. The fourth-order valence-corrected chi connectivity index (χ4v) is 2.00. The monoisotopic (exact) mass is 303 g/mol. The Bertz CT molecular complexity index is 787. The van der Waals surface area contributed by atoms with Gasteiger partial charge in [0.2, 0.25) is 0 Å².